The molecule has 3 rings (SSSR count). The molecule has 2 N–H and O–H groups in total. The number of nitrogens with zero attached hydrogens (tertiary/aromatic N) is 1. The Hall–Kier alpha value is -2.71. The van der Waals surface area contributed by atoms with Gasteiger partial charge in [0.15, 0.2) is 0 Å². The van der Waals surface area contributed by atoms with Gasteiger partial charge in [0.25, 0.3) is 10.0 Å². The lowest BCUT2D eigenvalue weighted by Crippen LogP contribution is -2.30. The molecule has 1 aliphatic heterocycles. The molecule has 1 heterocycles. The van der Waals surface area contributed by atoms with Crippen LogP contribution in [-0.2, 0) is 14.8 Å². The van der Waals surface area contributed by atoms with Crippen LogP contribution in [0.2, 0.25) is 5.02 Å². The minimum absolute atomic E-state index is 0.0292. The zero-order valence-corrected chi connectivity index (χ0v) is 17.6. The number of amides is 1. The zero-order chi connectivity index (χ0) is 21.6. The van der Waals surface area contributed by atoms with Crippen molar-refractivity contribution >= 4 is 45.1 Å². The summed E-state index contributed by atoms with van der Waals surface area (Å²) in [5, 5.41) is 2.57. The van der Waals surface area contributed by atoms with E-state index in [-0.39, 0.29) is 9.92 Å². The van der Waals surface area contributed by atoms with Crippen molar-refractivity contribution in [1.29, 1.82) is 0 Å². The number of carbonyl (C=O) groups is 1. The van der Waals surface area contributed by atoms with Crippen LogP contribution in [-0.4, -0.2) is 26.7 Å². The van der Waals surface area contributed by atoms with Crippen LogP contribution >= 0.6 is 11.6 Å². The van der Waals surface area contributed by atoms with E-state index >= 15 is 0 Å². The molecule has 2 aromatic carbocycles. The molecule has 30 heavy (non-hydrogen) atoms. The van der Waals surface area contributed by atoms with E-state index in [2.05, 4.69) is 15.0 Å². The van der Waals surface area contributed by atoms with Crippen molar-refractivity contribution in [2.75, 3.05) is 11.9 Å². The number of hydrogen-bond donors (Lipinski definition) is 2. The molecule has 0 aliphatic carbocycles. The molecule has 9 heteroatoms. The van der Waals surface area contributed by atoms with E-state index in [9.17, 15) is 17.6 Å². The fourth-order valence-electron chi connectivity index (χ4n) is 2.88. The van der Waals surface area contributed by atoms with Gasteiger partial charge in [0, 0.05) is 24.7 Å². The molecule has 0 saturated heterocycles. The van der Waals surface area contributed by atoms with Crippen LogP contribution in [0.1, 0.15) is 31.2 Å². The first kappa shape index (κ1) is 22.0. The van der Waals surface area contributed by atoms with Crippen molar-refractivity contribution < 1.29 is 17.6 Å². The molecule has 0 aromatic heterocycles. The van der Waals surface area contributed by atoms with E-state index in [1.54, 1.807) is 12.1 Å². The minimum Gasteiger partial charge on any atom is -0.322 e. The highest BCUT2D eigenvalue weighted by molar-refractivity contribution is 7.90. The highest BCUT2D eigenvalue weighted by Gasteiger charge is 2.17. The third kappa shape index (κ3) is 6.14. The maximum absolute atomic E-state index is 13.2. The molecular weight excluding hydrogens is 429 g/mol. The Morgan fingerprint density at radius 3 is 2.77 bits per heavy atom. The van der Waals surface area contributed by atoms with E-state index < -0.39 is 21.7 Å². The average molecular weight is 450 g/mol. The van der Waals surface area contributed by atoms with Gasteiger partial charge in [-0.1, -0.05) is 30.2 Å². The molecule has 0 spiro atoms. The summed E-state index contributed by atoms with van der Waals surface area (Å²) in [5.41, 5.74) is 0.883. The normalized spacial score (nSPS) is 14.8. The highest BCUT2D eigenvalue weighted by Crippen LogP contribution is 2.18. The Balaban J connectivity index is 1.68. The van der Waals surface area contributed by atoms with Crippen molar-refractivity contribution in [2.24, 2.45) is 4.99 Å². The van der Waals surface area contributed by atoms with Gasteiger partial charge in [-0.15, -0.1) is 0 Å². The Labute approximate surface area is 179 Å². The standard InChI is InChI=1S/C21H21ClFN3O3S/c22-18-13-15(8-10-19(18)23)9-11-21(27)25-16-5-4-6-17(14-16)30(28,29)26-20-7-2-1-3-12-24-20/h4-6,8-11,13-14H,1-3,7,12H2,(H,24,26)(H,25,27)/b11-9+. The maximum Gasteiger partial charge on any atom is 0.262 e. The molecule has 0 bridgehead atoms. The van der Waals surface area contributed by atoms with Gasteiger partial charge in [-0.2, -0.15) is 0 Å². The van der Waals surface area contributed by atoms with Crippen LogP contribution in [0, 0.1) is 5.82 Å². The molecule has 6 nitrogen and oxygen atoms in total. The van der Waals surface area contributed by atoms with Crippen molar-refractivity contribution in [3.8, 4) is 0 Å². The summed E-state index contributed by atoms with van der Waals surface area (Å²) < 4.78 is 41.0. The number of rotatable bonds is 5. The summed E-state index contributed by atoms with van der Waals surface area (Å²) in [6, 6.07) is 10.0. The Bertz CT molecular complexity index is 1100. The molecule has 0 unspecified atom stereocenters. The number of carbonyl (C=O) groups excluding carboxylic acids is 1. The highest BCUT2D eigenvalue weighted by atomic mass is 35.5. The van der Waals surface area contributed by atoms with Gasteiger partial charge >= 0.3 is 0 Å². The molecular formula is C21H21ClFN3O3S. The minimum atomic E-state index is -3.80. The molecule has 2 aromatic rings. The first-order chi connectivity index (χ1) is 14.3. The van der Waals surface area contributed by atoms with Gasteiger partial charge in [0.2, 0.25) is 5.91 Å². The second-order valence-corrected chi connectivity index (χ2v) is 8.86. The van der Waals surface area contributed by atoms with Gasteiger partial charge in [-0.3, -0.25) is 14.5 Å². The van der Waals surface area contributed by atoms with Crippen LogP contribution in [0.25, 0.3) is 6.08 Å². The number of aliphatic imine (C=N–C) groups is 1. The maximum atomic E-state index is 13.2. The van der Waals surface area contributed by atoms with E-state index in [0.717, 1.165) is 19.3 Å². The smallest absolute Gasteiger partial charge is 0.262 e. The molecule has 0 atom stereocenters. The van der Waals surface area contributed by atoms with Crippen LogP contribution in [0.3, 0.4) is 0 Å². The summed E-state index contributed by atoms with van der Waals surface area (Å²) in [4.78, 5) is 16.5. The summed E-state index contributed by atoms with van der Waals surface area (Å²) >= 11 is 5.72. The molecule has 0 radical (unpaired) electrons. The largest absolute Gasteiger partial charge is 0.322 e. The third-order valence-corrected chi connectivity index (χ3v) is 6.08. The Kier molecular flexibility index (Phi) is 7.23. The van der Waals surface area contributed by atoms with E-state index in [1.165, 1.54) is 42.5 Å². The van der Waals surface area contributed by atoms with E-state index in [1.807, 2.05) is 0 Å². The quantitative estimate of drug-likeness (QED) is 0.664. The van der Waals surface area contributed by atoms with Crippen LogP contribution < -0.4 is 10.0 Å². The van der Waals surface area contributed by atoms with Gasteiger partial charge < -0.3 is 5.32 Å². The topological polar surface area (TPSA) is 87.6 Å². The predicted octanol–water partition coefficient (Wildman–Crippen LogP) is 4.38. The molecule has 1 amide bonds. The van der Waals surface area contributed by atoms with Gasteiger partial charge in [-0.25, -0.2) is 12.8 Å². The van der Waals surface area contributed by atoms with Crippen molar-refractivity contribution in [1.82, 2.24) is 4.72 Å². The van der Waals surface area contributed by atoms with Crippen molar-refractivity contribution in [3.05, 3.63) is 64.9 Å². The van der Waals surface area contributed by atoms with Crippen LogP contribution in [0.4, 0.5) is 10.1 Å². The van der Waals surface area contributed by atoms with Crippen molar-refractivity contribution in [2.45, 2.75) is 30.6 Å². The molecule has 158 valence electrons. The Morgan fingerprint density at radius 2 is 1.97 bits per heavy atom. The fourth-order valence-corrected chi connectivity index (χ4v) is 4.21. The van der Waals surface area contributed by atoms with Crippen molar-refractivity contribution in [3.63, 3.8) is 0 Å². The fraction of sp³-hybridized carbons (Fsp3) is 0.238. The lowest BCUT2D eigenvalue weighted by Gasteiger charge is -2.11. The number of hydrogen-bond acceptors (Lipinski definition) is 4. The van der Waals surface area contributed by atoms with Gasteiger partial charge in [-0.05, 0) is 54.8 Å². The number of sulfonamides is 1. The second kappa shape index (κ2) is 9.86. The SMILES string of the molecule is O=C(/C=C/c1ccc(F)c(Cl)c1)Nc1cccc(S(=O)(=O)NC2=NCCCCC2)c1. The predicted molar refractivity (Wildman–Crippen MR) is 117 cm³/mol. The first-order valence-electron chi connectivity index (χ1n) is 9.44. The van der Waals surface area contributed by atoms with Gasteiger partial charge in [0.1, 0.15) is 11.7 Å². The Morgan fingerprint density at radius 1 is 1.13 bits per heavy atom. The number of benzene rings is 2. The third-order valence-electron chi connectivity index (χ3n) is 4.41. The monoisotopic (exact) mass is 449 g/mol. The lowest BCUT2D eigenvalue weighted by atomic mass is 10.2. The number of amidine groups is 1. The first-order valence-corrected chi connectivity index (χ1v) is 11.3. The van der Waals surface area contributed by atoms with Crippen LogP contribution in [0.15, 0.2) is 58.4 Å². The second-order valence-electron chi connectivity index (χ2n) is 6.77. The number of nitrogens with one attached hydrogen (secondary N) is 2. The molecule has 1 aliphatic rings. The summed E-state index contributed by atoms with van der Waals surface area (Å²) in [7, 11) is -3.80. The van der Waals surface area contributed by atoms with E-state index in [0.29, 0.717) is 30.1 Å². The number of halogens is 2. The summed E-state index contributed by atoms with van der Waals surface area (Å²) in [6.45, 7) is 0.611. The van der Waals surface area contributed by atoms with Crippen LogP contribution in [0.5, 0.6) is 0 Å². The molecule has 0 saturated carbocycles. The molecule has 0 fully saturated rings. The lowest BCUT2D eigenvalue weighted by molar-refractivity contribution is -0.111. The summed E-state index contributed by atoms with van der Waals surface area (Å²) in [6.07, 6.45) is 6.19. The number of anilines is 1. The van der Waals surface area contributed by atoms with E-state index in [4.69, 9.17) is 11.6 Å². The average Bonchev–Trinajstić information content (AvgIpc) is 2.97. The van der Waals surface area contributed by atoms with Gasteiger partial charge in [0.05, 0.1) is 9.92 Å². The zero-order valence-electron chi connectivity index (χ0n) is 16.1. The summed E-state index contributed by atoms with van der Waals surface area (Å²) in [5.74, 6) is -0.548.